The molecule has 0 amide bonds. The molecule has 6 nitrogen and oxygen atoms in total. The van der Waals surface area contributed by atoms with E-state index in [4.69, 9.17) is 4.74 Å². The second-order valence-corrected chi connectivity index (χ2v) is 7.26. The molecule has 0 radical (unpaired) electrons. The highest BCUT2D eigenvalue weighted by Crippen LogP contribution is 2.01. The molecular formula is C27H38O6. The lowest BCUT2D eigenvalue weighted by Gasteiger charge is -2.05. The third-order valence-corrected chi connectivity index (χ3v) is 4.13. The summed E-state index contributed by atoms with van der Waals surface area (Å²) in [6, 6.07) is 0. The van der Waals surface area contributed by atoms with Gasteiger partial charge in [-0.25, -0.2) is 4.79 Å². The Morgan fingerprint density at radius 1 is 0.667 bits per heavy atom. The highest BCUT2D eigenvalue weighted by molar-refractivity contribution is 6.36. The lowest BCUT2D eigenvalue weighted by molar-refractivity contribution is -0.157. The molecule has 6 heteroatoms. The molecule has 0 spiro atoms. The number of Topliss-reactive ketones (excluding diaryl/α,β-unsaturated/α-hetero) is 2. The summed E-state index contributed by atoms with van der Waals surface area (Å²) < 4.78 is 9.59. The minimum absolute atomic E-state index is 0.112. The van der Waals surface area contributed by atoms with Gasteiger partial charge in [-0.2, -0.15) is 0 Å². The van der Waals surface area contributed by atoms with Gasteiger partial charge in [0.2, 0.25) is 5.78 Å². The van der Waals surface area contributed by atoms with Crippen LogP contribution in [0.15, 0.2) is 60.8 Å². The largest absolute Gasteiger partial charge is 0.462 e. The molecule has 33 heavy (non-hydrogen) atoms. The van der Waals surface area contributed by atoms with E-state index in [1.54, 1.807) is 0 Å². The third kappa shape index (κ3) is 22.0. The monoisotopic (exact) mass is 458 g/mol. The van der Waals surface area contributed by atoms with Crippen LogP contribution in [0, 0.1) is 0 Å². The number of carbonyl (C=O) groups is 4. The van der Waals surface area contributed by atoms with Crippen molar-refractivity contribution in [3.05, 3.63) is 60.8 Å². The van der Waals surface area contributed by atoms with Gasteiger partial charge in [0, 0.05) is 6.42 Å². The molecule has 182 valence electrons. The van der Waals surface area contributed by atoms with Gasteiger partial charge in [0.25, 0.3) is 0 Å². The van der Waals surface area contributed by atoms with Crippen molar-refractivity contribution < 1.29 is 28.7 Å². The number of allylic oxidation sites excluding steroid dienone is 10. The number of carbonyl (C=O) groups excluding carboxylic acids is 4. The van der Waals surface area contributed by atoms with Gasteiger partial charge in [0.05, 0.1) is 6.42 Å². The summed E-state index contributed by atoms with van der Waals surface area (Å²) >= 11 is 0. The number of ketones is 2. The lowest BCUT2D eigenvalue weighted by Crippen LogP contribution is -2.22. The molecule has 0 unspecified atom stereocenters. The maximum absolute atomic E-state index is 11.6. The summed E-state index contributed by atoms with van der Waals surface area (Å²) in [7, 11) is 0. The highest BCUT2D eigenvalue weighted by Gasteiger charge is 2.17. The average molecular weight is 459 g/mol. The summed E-state index contributed by atoms with van der Waals surface area (Å²) in [4.78, 5) is 44.9. The number of hydrogen-bond acceptors (Lipinski definition) is 6. The van der Waals surface area contributed by atoms with Gasteiger partial charge < -0.3 is 9.47 Å². The van der Waals surface area contributed by atoms with Crippen molar-refractivity contribution in [1.29, 1.82) is 0 Å². The summed E-state index contributed by atoms with van der Waals surface area (Å²) in [5, 5.41) is 0. The van der Waals surface area contributed by atoms with E-state index in [-0.39, 0.29) is 25.6 Å². The zero-order valence-corrected chi connectivity index (χ0v) is 20.0. The van der Waals surface area contributed by atoms with Crippen molar-refractivity contribution in [2.24, 2.45) is 0 Å². The molecule has 0 aromatic heterocycles. The number of ether oxygens (including phenoxy) is 2. The Morgan fingerprint density at radius 3 is 1.67 bits per heavy atom. The molecule has 0 bridgehead atoms. The lowest BCUT2D eigenvalue weighted by atomic mass is 10.2. The Bertz CT molecular complexity index is 725. The van der Waals surface area contributed by atoms with Crippen LogP contribution in [0.5, 0.6) is 0 Å². The molecular weight excluding hydrogens is 420 g/mol. The summed E-state index contributed by atoms with van der Waals surface area (Å²) in [6.07, 6.45) is 27.4. The van der Waals surface area contributed by atoms with Crippen LogP contribution in [0.1, 0.15) is 71.6 Å². The van der Waals surface area contributed by atoms with Crippen molar-refractivity contribution in [3.8, 4) is 0 Å². The van der Waals surface area contributed by atoms with Crippen LogP contribution in [-0.4, -0.2) is 36.7 Å². The molecule has 0 aromatic rings. The quantitative estimate of drug-likeness (QED) is 0.0830. The Kier molecular flexibility index (Phi) is 20.2. The number of rotatable bonds is 19. The molecule has 0 rings (SSSR count). The van der Waals surface area contributed by atoms with Crippen LogP contribution in [-0.2, 0) is 28.7 Å². The molecule has 0 N–H and O–H groups in total. The van der Waals surface area contributed by atoms with Gasteiger partial charge in [-0.3, -0.25) is 14.4 Å². The fraction of sp³-hybridized carbons (Fsp3) is 0.481. The maximum atomic E-state index is 11.6. The number of hydrogen-bond donors (Lipinski definition) is 0. The molecule has 0 fully saturated rings. The van der Waals surface area contributed by atoms with Crippen LogP contribution in [0.4, 0.5) is 0 Å². The van der Waals surface area contributed by atoms with E-state index in [1.807, 2.05) is 6.08 Å². The molecule has 0 heterocycles. The smallest absolute Gasteiger partial charge is 0.375 e. The normalized spacial score (nSPS) is 11.9. The minimum Gasteiger partial charge on any atom is -0.462 e. The topological polar surface area (TPSA) is 86.7 Å². The molecule has 0 aliphatic rings. The molecule has 0 aliphatic carbocycles. The number of unbranched alkanes of at least 4 members (excludes halogenated alkanes) is 1. The zero-order valence-electron chi connectivity index (χ0n) is 20.0. The number of esters is 2. The van der Waals surface area contributed by atoms with E-state index in [9.17, 15) is 19.2 Å². The van der Waals surface area contributed by atoms with Gasteiger partial charge in [0.15, 0.2) is 0 Å². The van der Waals surface area contributed by atoms with Crippen LogP contribution < -0.4 is 0 Å². The van der Waals surface area contributed by atoms with Crippen molar-refractivity contribution in [1.82, 2.24) is 0 Å². The minimum atomic E-state index is -1.08. The maximum Gasteiger partial charge on any atom is 0.375 e. The van der Waals surface area contributed by atoms with Gasteiger partial charge in [0.1, 0.15) is 19.0 Å². The fourth-order valence-electron chi connectivity index (χ4n) is 2.47. The molecule has 0 saturated carbocycles. The van der Waals surface area contributed by atoms with E-state index in [0.717, 1.165) is 38.5 Å². The van der Waals surface area contributed by atoms with Gasteiger partial charge in [-0.1, -0.05) is 67.7 Å². The molecule has 0 aromatic carbocycles. The first kappa shape index (κ1) is 30.0. The van der Waals surface area contributed by atoms with Gasteiger partial charge >= 0.3 is 11.9 Å². The van der Waals surface area contributed by atoms with E-state index >= 15 is 0 Å². The zero-order chi connectivity index (χ0) is 24.6. The average Bonchev–Trinajstić information content (AvgIpc) is 2.78. The first-order chi connectivity index (χ1) is 16.0. The Labute approximate surface area is 198 Å². The van der Waals surface area contributed by atoms with Crippen molar-refractivity contribution in [3.63, 3.8) is 0 Å². The van der Waals surface area contributed by atoms with E-state index in [2.05, 4.69) is 66.3 Å². The van der Waals surface area contributed by atoms with E-state index in [0.29, 0.717) is 6.42 Å². The van der Waals surface area contributed by atoms with E-state index < -0.39 is 24.0 Å². The summed E-state index contributed by atoms with van der Waals surface area (Å²) in [5.41, 5.74) is 0. The standard InChI is InChI=1S/C27H38O6/c1-3-4-5-6-7-8-9-10-11-12-13-14-15-16-17-18-19-20-26(30)32-21-22-33-27(31)25(29)23-24(2)28/h4-5,7-8,10-11,13-14,16-17H,3,6,9,12,15,18-23H2,1-2H3/b5-4-,8-7-,11-10-,14-13-,17-16-. The Balaban J connectivity index is 3.63. The second-order valence-electron chi connectivity index (χ2n) is 7.26. The van der Waals surface area contributed by atoms with Gasteiger partial charge in [-0.15, -0.1) is 0 Å². The Morgan fingerprint density at radius 2 is 1.15 bits per heavy atom. The first-order valence-electron chi connectivity index (χ1n) is 11.6. The van der Waals surface area contributed by atoms with Crippen molar-refractivity contribution in [2.45, 2.75) is 71.6 Å². The third-order valence-electron chi connectivity index (χ3n) is 4.13. The highest BCUT2D eigenvalue weighted by atomic mass is 16.6. The predicted octanol–water partition coefficient (Wildman–Crippen LogP) is 5.54. The van der Waals surface area contributed by atoms with Crippen LogP contribution in [0.25, 0.3) is 0 Å². The summed E-state index contributed by atoms with van der Waals surface area (Å²) in [6.45, 7) is 3.03. The first-order valence-corrected chi connectivity index (χ1v) is 11.6. The van der Waals surface area contributed by atoms with Crippen LogP contribution >= 0.6 is 0 Å². The van der Waals surface area contributed by atoms with Crippen molar-refractivity contribution in [2.75, 3.05) is 13.2 Å². The van der Waals surface area contributed by atoms with Crippen LogP contribution in [0.2, 0.25) is 0 Å². The summed E-state index contributed by atoms with van der Waals surface area (Å²) in [5.74, 6) is -2.77. The molecule has 0 saturated heterocycles. The molecule has 0 atom stereocenters. The van der Waals surface area contributed by atoms with E-state index in [1.165, 1.54) is 6.92 Å². The van der Waals surface area contributed by atoms with Crippen LogP contribution in [0.3, 0.4) is 0 Å². The fourth-order valence-corrected chi connectivity index (χ4v) is 2.47. The second kappa shape index (κ2) is 22.2. The SMILES string of the molecule is CC/C=C\C/C=C\C/C=C\C/C=C\C/C=C\CCCC(=O)OCCOC(=O)C(=O)CC(C)=O. The van der Waals surface area contributed by atoms with Gasteiger partial charge in [-0.05, 0) is 51.9 Å². The van der Waals surface area contributed by atoms with Crippen molar-refractivity contribution >= 4 is 23.5 Å². The Hall–Kier alpha value is -3.02. The molecule has 0 aliphatic heterocycles. The predicted molar refractivity (Wildman–Crippen MR) is 131 cm³/mol.